The molecule has 1 saturated heterocycles. The lowest BCUT2D eigenvalue weighted by Gasteiger charge is -2.31. The molecule has 1 aliphatic carbocycles. The number of thioether (sulfide) groups is 1. The first-order valence-electron chi connectivity index (χ1n) is 11.8. The Morgan fingerprint density at radius 3 is 2.65 bits per heavy atom. The third-order valence-corrected chi connectivity index (χ3v) is 9.04. The van der Waals surface area contributed by atoms with Crippen molar-refractivity contribution < 1.29 is 14.3 Å². The van der Waals surface area contributed by atoms with Gasteiger partial charge < -0.3 is 9.47 Å². The maximum Gasteiger partial charge on any atom is 0.310 e. The van der Waals surface area contributed by atoms with E-state index in [2.05, 4.69) is 66.2 Å². The van der Waals surface area contributed by atoms with Crippen LogP contribution in [0.2, 0.25) is 0 Å². The number of aryl methyl sites for hydroxylation is 1. The maximum atomic E-state index is 13.0. The van der Waals surface area contributed by atoms with Crippen LogP contribution in [0.25, 0.3) is 0 Å². The molecule has 5 heteroatoms. The van der Waals surface area contributed by atoms with E-state index in [-0.39, 0.29) is 23.9 Å². The average molecular weight is 538 g/mol. The van der Waals surface area contributed by atoms with Gasteiger partial charge in [-0.1, -0.05) is 64.5 Å². The molecule has 0 N–H and O–H groups in total. The third kappa shape index (κ3) is 4.65. The van der Waals surface area contributed by atoms with E-state index in [9.17, 15) is 4.79 Å². The van der Waals surface area contributed by atoms with Gasteiger partial charge in [-0.25, -0.2) is 0 Å². The average Bonchev–Trinajstić information content (AvgIpc) is 3.17. The molecule has 1 unspecified atom stereocenters. The normalized spacial score (nSPS) is 21.0. The number of rotatable bonds is 7. The Bertz CT molecular complexity index is 1190. The molecule has 0 bridgehead atoms. The first kappa shape index (κ1) is 23.5. The zero-order chi connectivity index (χ0) is 23.7. The fourth-order valence-corrected chi connectivity index (χ4v) is 6.88. The smallest absolute Gasteiger partial charge is 0.310 e. The zero-order valence-electron chi connectivity index (χ0n) is 19.6. The van der Waals surface area contributed by atoms with Gasteiger partial charge in [0.2, 0.25) is 0 Å². The third-order valence-electron chi connectivity index (χ3n) is 7.14. The van der Waals surface area contributed by atoms with Crippen molar-refractivity contribution in [3.05, 3.63) is 98.5 Å². The Morgan fingerprint density at radius 2 is 1.85 bits per heavy atom. The lowest BCUT2D eigenvalue weighted by molar-refractivity contribution is -0.144. The van der Waals surface area contributed by atoms with Crippen LogP contribution in [0.4, 0.5) is 0 Å². The highest BCUT2D eigenvalue weighted by atomic mass is 79.9. The Labute approximate surface area is 214 Å². The van der Waals surface area contributed by atoms with Crippen LogP contribution in [-0.4, -0.2) is 11.7 Å². The quantitative estimate of drug-likeness (QED) is 0.295. The minimum Gasteiger partial charge on any atom is -0.489 e. The van der Waals surface area contributed by atoms with E-state index in [0.717, 1.165) is 45.7 Å². The minimum atomic E-state index is -0.163. The number of carbonyl (C=O) groups excluding carboxylic acids is 1. The zero-order valence-corrected chi connectivity index (χ0v) is 22.0. The topological polar surface area (TPSA) is 35.5 Å². The van der Waals surface area contributed by atoms with Crippen molar-refractivity contribution in [2.45, 2.75) is 45.2 Å². The highest BCUT2D eigenvalue weighted by Gasteiger charge is 2.48. The van der Waals surface area contributed by atoms with Gasteiger partial charge in [0.15, 0.2) is 0 Å². The highest BCUT2D eigenvalue weighted by Crippen LogP contribution is 2.50. The van der Waals surface area contributed by atoms with Crippen LogP contribution in [0.3, 0.4) is 0 Å². The van der Waals surface area contributed by atoms with Gasteiger partial charge in [-0.15, -0.1) is 0 Å². The predicted molar refractivity (Wildman–Crippen MR) is 141 cm³/mol. The number of hydrogen-bond donors (Lipinski definition) is 0. The van der Waals surface area contributed by atoms with Gasteiger partial charge in [-0.3, -0.25) is 4.79 Å². The molecule has 1 heterocycles. The molecule has 3 aromatic carbocycles. The van der Waals surface area contributed by atoms with Gasteiger partial charge in [0, 0.05) is 33.0 Å². The van der Waals surface area contributed by atoms with Crippen molar-refractivity contribution in [3.63, 3.8) is 0 Å². The standard InChI is InChI=1S/C29H29BrO3S/c1-18-14-26(32-15-21-10-6-7-11-25(21)30)19(2)27-22(18)12-13-23-24(29(31)33-28(23)27)17-34-16-20-8-4-3-5-9-20/h3-11,14,23-24,28H,12-13,15-17H2,1-2H3/t23-,24?,28+/m0/s1. The number of esters is 1. The van der Waals surface area contributed by atoms with Crippen molar-refractivity contribution >= 4 is 33.7 Å². The second-order valence-corrected chi connectivity index (χ2v) is 11.1. The van der Waals surface area contributed by atoms with E-state index < -0.39 is 0 Å². The molecule has 1 fully saturated rings. The number of halogens is 1. The van der Waals surface area contributed by atoms with Crippen molar-refractivity contribution in [3.8, 4) is 5.75 Å². The van der Waals surface area contributed by atoms with E-state index in [0.29, 0.717) is 6.61 Å². The van der Waals surface area contributed by atoms with Gasteiger partial charge in [-0.05, 0) is 61.1 Å². The van der Waals surface area contributed by atoms with Gasteiger partial charge in [-0.2, -0.15) is 11.8 Å². The molecular formula is C29H29BrO3S. The molecule has 0 spiro atoms. The van der Waals surface area contributed by atoms with Crippen molar-refractivity contribution in [1.82, 2.24) is 0 Å². The maximum absolute atomic E-state index is 13.0. The van der Waals surface area contributed by atoms with Gasteiger partial charge >= 0.3 is 5.97 Å². The number of ether oxygens (including phenoxy) is 2. The number of carbonyl (C=O) groups is 1. The summed E-state index contributed by atoms with van der Waals surface area (Å²) in [6, 6.07) is 20.7. The molecule has 0 radical (unpaired) electrons. The Hall–Kier alpha value is -2.24. The minimum absolute atomic E-state index is 0.0417. The molecule has 176 valence electrons. The van der Waals surface area contributed by atoms with Crippen LogP contribution >= 0.6 is 27.7 Å². The van der Waals surface area contributed by atoms with Crippen LogP contribution in [0.15, 0.2) is 65.1 Å². The van der Waals surface area contributed by atoms with Crippen molar-refractivity contribution in [1.29, 1.82) is 0 Å². The predicted octanol–water partition coefficient (Wildman–Crippen LogP) is 7.35. The number of fused-ring (bicyclic) bond motifs is 3. The molecule has 1 aliphatic heterocycles. The van der Waals surface area contributed by atoms with E-state index in [1.165, 1.54) is 22.3 Å². The summed E-state index contributed by atoms with van der Waals surface area (Å²) in [4.78, 5) is 13.0. The fraction of sp³-hybridized carbons (Fsp3) is 0.345. The molecule has 34 heavy (non-hydrogen) atoms. The van der Waals surface area contributed by atoms with Crippen LogP contribution in [0, 0.1) is 25.7 Å². The van der Waals surface area contributed by atoms with Crippen molar-refractivity contribution in [2.75, 3.05) is 5.75 Å². The molecular weight excluding hydrogens is 508 g/mol. The molecule has 0 aromatic heterocycles. The summed E-state index contributed by atoms with van der Waals surface area (Å²) in [5, 5.41) is 0. The van der Waals surface area contributed by atoms with Gasteiger partial charge in [0.1, 0.15) is 18.5 Å². The first-order valence-corrected chi connectivity index (χ1v) is 13.8. The number of hydrogen-bond acceptors (Lipinski definition) is 4. The fourth-order valence-electron chi connectivity index (χ4n) is 5.29. The molecule has 5 rings (SSSR count). The van der Waals surface area contributed by atoms with E-state index in [4.69, 9.17) is 9.47 Å². The first-order chi connectivity index (χ1) is 16.5. The number of benzene rings is 3. The molecule has 3 aromatic rings. The SMILES string of the molecule is Cc1cc(OCc2ccccc2Br)c(C)c2c1CC[C@H]1C(CSCc3ccccc3)C(=O)O[C@@H]21. The molecule has 0 saturated carbocycles. The summed E-state index contributed by atoms with van der Waals surface area (Å²) in [7, 11) is 0. The lowest BCUT2D eigenvalue weighted by Crippen LogP contribution is -2.25. The molecule has 2 aliphatic rings. The van der Waals surface area contributed by atoms with E-state index >= 15 is 0 Å². The van der Waals surface area contributed by atoms with Crippen LogP contribution < -0.4 is 4.74 Å². The summed E-state index contributed by atoms with van der Waals surface area (Å²) in [5.74, 6) is 2.76. The van der Waals surface area contributed by atoms with Gasteiger partial charge in [0.05, 0.1) is 5.92 Å². The second-order valence-electron chi connectivity index (χ2n) is 9.26. The van der Waals surface area contributed by atoms with E-state index in [1.54, 1.807) is 0 Å². The summed E-state index contributed by atoms with van der Waals surface area (Å²) in [6.45, 7) is 4.75. The Balaban J connectivity index is 1.34. The lowest BCUT2D eigenvalue weighted by atomic mass is 9.74. The van der Waals surface area contributed by atoms with Crippen LogP contribution in [-0.2, 0) is 28.3 Å². The molecule has 0 amide bonds. The summed E-state index contributed by atoms with van der Waals surface area (Å²) >= 11 is 5.44. The Morgan fingerprint density at radius 1 is 1.09 bits per heavy atom. The largest absolute Gasteiger partial charge is 0.489 e. The summed E-state index contributed by atoms with van der Waals surface area (Å²) in [5.41, 5.74) is 7.24. The monoisotopic (exact) mass is 536 g/mol. The van der Waals surface area contributed by atoms with Crippen LogP contribution in [0.5, 0.6) is 5.75 Å². The Kier molecular flexibility index (Phi) is 7.03. The summed E-state index contributed by atoms with van der Waals surface area (Å²) in [6.07, 6.45) is 1.82. The molecule has 3 nitrogen and oxygen atoms in total. The van der Waals surface area contributed by atoms with E-state index in [1.807, 2.05) is 36.0 Å². The van der Waals surface area contributed by atoms with Gasteiger partial charge in [0.25, 0.3) is 0 Å². The second kappa shape index (κ2) is 10.2. The van der Waals surface area contributed by atoms with Crippen molar-refractivity contribution in [2.24, 2.45) is 11.8 Å². The highest BCUT2D eigenvalue weighted by molar-refractivity contribution is 9.10. The molecule has 3 atom stereocenters. The van der Waals surface area contributed by atoms with Crippen LogP contribution in [0.1, 0.15) is 45.9 Å². The summed E-state index contributed by atoms with van der Waals surface area (Å²) < 4.78 is 13.4.